The van der Waals surface area contributed by atoms with Crippen molar-refractivity contribution in [2.75, 3.05) is 33.3 Å². The maximum absolute atomic E-state index is 13.5. The zero-order valence-corrected chi connectivity index (χ0v) is 23.1. The third-order valence-electron chi connectivity index (χ3n) is 8.04. The molecule has 0 unspecified atom stereocenters. The van der Waals surface area contributed by atoms with E-state index in [1.165, 1.54) is 27.4 Å². The summed E-state index contributed by atoms with van der Waals surface area (Å²) in [5.41, 5.74) is 3.80. The third-order valence-corrected chi connectivity index (χ3v) is 9.77. The van der Waals surface area contributed by atoms with Crippen LogP contribution in [-0.2, 0) is 21.8 Å². The second kappa shape index (κ2) is 10.1. The molecule has 2 fully saturated rings. The Kier molecular flexibility index (Phi) is 6.74. The Balaban J connectivity index is 1.35. The van der Waals surface area contributed by atoms with E-state index in [1.54, 1.807) is 37.2 Å². The van der Waals surface area contributed by atoms with E-state index in [2.05, 4.69) is 39.3 Å². The number of ether oxygens (including phenoxy) is 1. The molecule has 3 heterocycles. The number of aromatic nitrogens is 5. The van der Waals surface area contributed by atoms with E-state index < -0.39 is 10.0 Å². The SMILES string of the molecule is COC1CC(CN2CCN(S(=O)(=O)c3cnn(C)n3)C[C@H]2c2cc3cnn(-c4ccc(F)cc4)c3cc2C)C1. The third kappa shape index (κ3) is 4.86. The summed E-state index contributed by atoms with van der Waals surface area (Å²) in [6, 6.07) is 10.3. The molecule has 1 saturated heterocycles. The lowest BCUT2D eigenvalue weighted by atomic mass is 9.81. The van der Waals surface area contributed by atoms with Crippen LogP contribution in [0, 0.1) is 18.7 Å². The maximum Gasteiger partial charge on any atom is 0.264 e. The summed E-state index contributed by atoms with van der Waals surface area (Å²) < 4.78 is 49.3. The highest BCUT2D eigenvalue weighted by atomic mass is 32.2. The Morgan fingerprint density at radius 2 is 1.85 bits per heavy atom. The van der Waals surface area contributed by atoms with Gasteiger partial charge in [-0.05, 0) is 73.2 Å². The first-order valence-corrected chi connectivity index (χ1v) is 14.5. The van der Waals surface area contributed by atoms with Crippen molar-refractivity contribution in [1.82, 2.24) is 34.0 Å². The molecule has 39 heavy (non-hydrogen) atoms. The summed E-state index contributed by atoms with van der Waals surface area (Å²) >= 11 is 0. The summed E-state index contributed by atoms with van der Waals surface area (Å²) in [5, 5.41) is 13.5. The number of hydrogen-bond acceptors (Lipinski definition) is 7. The zero-order valence-electron chi connectivity index (χ0n) is 22.2. The van der Waals surface area contributed by atoms with Gasteiger partial charge in [-0.3, -0.25) is 4.90 Å². The first kappa shape index (κ1) is 26.1. The minimum atomic E-state index is -3.78. The molecule has 0 radical (unpaired) electrons. The molecule has 1 saturated carbocycles. The van der Waals surface area contributed by atoms with Gasteiger partial charge in [-0.15, -0.1) is 5.10 Å². The van der Waals surface area contributed by atoms with E-state index in [0.717, 1.165) is 47.1 Å². The molecule has 1 aliphatic carbocycles. The van der Waals surface area contributed by atoms with Crippen molar-refractivity contribution >= 4 is 20.9 Å². The number of hydrogen-bond donors (Lipinski definition) is 0. The Bertz CT molecular complexity index is 1600. The van der Waals surface area contributed by atoms with Gasteiger partial charge >= 0.3 is 0 Å². The molecule has 1 atom stereocenters. The Morgan fingerprint density at radius 3 is 2.54 bits per heavy atom. The van der Waals surface area contributed by atoms with Crippen molar-refractivity contribution in [1.29, 1.82) is 0 Å². The van der Waals surface area contributed by atoms with Crippen LogP contribution in [0.4, 0.5) is 4.39 Å². The Morgan fingerprint density at radius 1 is 1.08 bits per heavy atom. The van der Waals surface area contributed by atoms with E-state index in [4.69, 9.17) is 4.74 Å². The molecule has 0 N–H and O–H groups in total. The summed E-state index contributed by atoms with van der Waals surface area (Å²) in [4.78, 5) is 3.68. The van der Waals surface area contributed by atoms with Crippen LogP contribution in [0.25, 0.3) is 16.6 Å². The number of methoxy groups -OCH3 is 1. The average Bonchev–Trinajstić information content (AvgIpc) is 3.52. The van der Waals surface area contributed by atoms with E-state index >= 15 is 0 Å². The smallest absolute Gasteiger partial charge is 0.264 e. The second-order valence-corrected chi connectivity index (χ2v) is 12.4. The summed E-state index contributed by atoms with van der Waals surface area (Å²) in [5.74, 6) is 0.223. The van der Waals surface area contributed by atoms with E-state index in [-0.39, 0.29) is 16.9 Å². The molecule has 0 spiro atoms. The van der Waals surface area contributed by atoms with Crippen molar-refractivity contribution in [2.45, 2.75) is 36.9 Å². The van der Waals surface area contributed by atoms with Crippen molar-refractivity contribution in [2.24, 2.45) is 13.0 Å². The molecule has 4 aromatic rings. The maximum atomic E-state index is 13.5. The summed E-state index contributed by atoms with van der Waals surface area (Å²) in [6.45, 7) is 4.26. The quantitative estimate of drug-likeness (QED) is 0.347. The predicted octanol–water partition coefficient (Wildman–Crippen LogP) is 3.07. The first-order valence-electron chi connectivity index (χ1n) is 13.1. The average molecular weight is 554 g/mol. The molecule has 6 rings (SSSR count). The van der Waals surface area contributed by atoms with E-state index in [1.807, 2.05) is 0 Å². The first-order chi connectivity index (χ1) is 18.7. The molecule has 1 aliphatic heterocycles. The van der Waals surface area contributed by atoms with Gasteiger partial charge < -0.3 is 4.74 Å². The summed E-state index contributed by atoms with van der Waals surface area (Å²) in [7, 11) is -0.422. The van der Waals surface area contributed by atoms with Gasteiger partial charge in [-0.1, -0.05) is 0 Å². The van der Waals surface area contributed by atoms with Gasteiger partial charge in [0, 0.05) is 51.8 Å². The zero-order chi connectivity index (χ0) is 27.3. The molecule has 206 valence electrons. The fourth-order valence-electron chi connectivity index (χ4n) is 5.80. The molecule has 2 aliphatic rings. The lowest BCUT2D eigenvalue weighted by Gasteiger charge is -2.45. The monoisotopic (exact) mass is 553 g/mol. The van der Waals surface area contributed by atoms with Crippen molar-refractivity contribution in [3.05, 3.63) is 65.7 Å². The van der Waals surface area contributed by atoms with Gasteiger partial charge in [-0.25, -0.2) is 17.5 Å². The minimum absolute atomic E-state index is 0.0353. The lowest BCUT2D eigenvalue weighted by Crippen LogP contribution is -2.52. The largest absolute Gasteiger partial charge is 0.381 e. The van der Waals surface area contributed by atoms with Crippen LogP contribution in [-0.4, -0.2) is 81.8 Å². The Hall–Kier alpha value is -3.19. The highest BCUT2D eigenvalue weighted by Gasteiger charge is 2.39. The van der Waals surface area contributed by atoms with Gasteiger partial charge in [0.2, 0.25) is 5.03 Å². The second-order valence-electron chi connectivity index (χ2n) is 10.5. The molecule has 10 nitrogen and oxygen atoms in total. The number of halogens is 1. The van der Waals surface area contributed by atoms with Crippen LogP contribution in [0.15, 0.2) is 53.8 Å². The molecule has 0 amide bonds. The van der Waals surface area contributed by atoms with Crippen molar-refractivity contribution in [3.63, 3.8) is 0 Å². The number of rotatable bonds is 7. The number of aryl methyl sites for hydroxylation is 2. The van der Waals surface area contributed by atoms with Crippen molar-refractivity contribution < 1.29 is 17.5 Å². The molecule has 0 bridgehead atoms. The number of nitrogens with zero attached hydrogens (tertiary/aromatic N) is 7. The highest BCUT2D eigenvalue weighted by Crippen LogP contribution is 2.37. The minimum Gasteiger partial charge on any atom is -0.381 e. The standard InChI is InChI=1S/C27H32FN7O3S/c1-18-10-25-20(14-30-35(25)22-6-4-21(28)5-7-22)13-24(18)26-17-34(39(36,37)27-15-29-32(2)31-27)9-8-33(26)16-19-11-23(12-19)38-3/h4-7,10,13-15,19,23,26H,8-9,11-12,16-17H2,1-3H3/t19?,23?,26-/m0/s1. The Labute approximate surface area is 227 Å². The molecule has 12 heteroatoms. The van der Waals surface area contributed by atoms with E-state index in [0.29, 0.717) is 31.7 Å². The van der Waals surface area contributed by atoms with Crippen LogP contribution < -0.4 is 0 Å². The normalized spacial score (nSPS) is 22.8. The van der Waals surface area contributed by atoms with Gasteiger partial charge in [0.15, 0.2) is 0 Å². The number of benzene rings is 2. The number of sulfonamides is 1. The van der Waals surface area contributed by atoms with Crippen LogP contribution in [0.1, 0.15) is 30.0 Å². The fourth-order valence-corrected chi connectivity index (χ4v) is 7.12. The van der Waals surface area contributed by atoms with Gasteiger partial charge in [0.1, 0.15) is 5.82 Å². The van der Waals surface area contributed by atoms with Gasteiger partial charge in [0.25, 0.3) is 10.0 Å². The van der Waals surface area contributed by atoms with E-state index in [9.17, 15) is 12.8 Å². The molecular weight excluding hydrogens is 521 g/mol. The van der Waals surface area contributed by atoms with Crippen LogP contribution >= 0.6 is 0 Å². The van der Waals surface area contributed by atoms with Crippen LogP contribution in [0.3, 0.4) is 0 Å². The topological polar surface area (TPSA) is 98.4 Å². The highest BCUT2D eigenvalue weighted by molar-refractivity contribution is 7.89. The van der Waals surface area contributed by atoms with Crippen LogP contribution in [0.2, 0.25) is 0 Å². The van der Waals surface area contributed by atoms with Gasteiger partial charge in [0.05, 0.1) is 29.7 Å². The predicted molar refractivity (Wildman–Crippen MR) is 143 cm³/mol. The van der Waals surface area contributed by atoms with Crippen molar-refractivity contribution in [3.8, 4) is 5.69 Å². The molecular formula is C27H32FN7O3S. The number of piperazine rings is 1. The van der Waals surface area contributed by atoms with Gasteiger partial charge in [-0.2, -0.15) is 19.3 Å². The molecule has 2 aromatic carbocycles. The molecule has 2 aromatic heterocycles. The summed E-state index contributed by atoms with van der Waals surface area (Å²) in [6.07, 6.45) is 5.45. The fraction of sp³-hybridized carbons (Fsp3) is 0.444. The number of fused-ring (bicyclic) bond motifs is 1. The lowest BCUT2D eigenvalue weighted by molar-refractivity contribution is -0.0216. The van der Waals surface area contributed by atoms with Crippen LogP contribution in [0.5, 0.6) is 0 Å².